The number of carbonyl (C=O) groups is 1. The van der Waals surface area contributed by atoms with E-state index < -0.39 is 0 Å². The Morgan fingerprint density at radius 3 is 3.00 bits per heavy atom. The van der Waals surface area contributed by atoms with Crippen LogP contribution in [0.1, 0.15) is 26.7 Å². The molecule has 0 radical (unpaired) electrons. The van der Waals surface area contributed by atoms with Crippen LogP contribution in [0, 0.1) is 0 Å². The molecule has 1 aromatic rings. The number of unbranched alkanes of at least 4 members (excludes halogenated alkanes) is 1. The fourth-order valence-corrected chi connectivity index (χ4v) is 2.60. The average molecular weight is 275 g/mol. The number of hydrogen-bond acceptors (Lipinski definition) is 7. The quantitative estimate of drug-likeness (QED) is 0.446. The number of ether oxygens (including phenoxy) is 1. The van der Waals surface area contributed by atoms with Gasteiger partial charge in [0.2, 0.25) is 5.13 Å². The van der Waals surface area contributed by atoms with Gasteiger partial charge in [-0.05, 0) is 13.3 Å². The topological polar surface area (TPSA) is 64.1 Å². The molecule has 0 fully saturated rings. The van der Waals surface area contributed by atoms with E-state index in [4.69, 9.17) is 4.74 Å². The largest absolute Gasteiger partial charge is 0.465 e. The predicted octanol–water partition coefficient (Wildman–Crippen LogP) is 2.41. The molecule has 96 valence electrons. The molecule has 0 aliphatic carbocycles. The third-order valence-corrected chi connectivity index (χ3v) is 3.80. The normalized spacial score (nSPS) is 10.2. The van der Waals surface area contributed by atoms with Crippen LogP contribution >= 0.6 is 23.1 Å². The van der Waals surface area contributed by atoms with Gasteiger partial charge in [0.1, 0.15) is 0 Å². The number of thioether (sulfide) groups is 1. The van der Waals surface area contributed by atoms with Crippen LogP contribution < -0.4 is 5.32 Å². The molecule has 17 heavy (non-hydrogen) atoms. The molecule has 0 saturated carbocycles. The SMILES string of the molecule is CCCCOC(=O)CSc1nnc(NCC)s1. The first-order valence-electron chi connectivity index (χ1n) is 5.62. The van der Waals surface area contributed by atoms with Gasteiger partial charge < -0.3 is 10.1 Å². The summed E-state index contributed by atoms with van der Waals surface area (Å²) in [4.78, 5) is 11.3. The molecule has 0 aliphatic rings. The van der Waals surface area contributed by atoms with E-state index in [0.717, 1.165) is 28.9 Å². The van der Waals surface area contributed by atoms with E-state index in [1.54, 1.807) is 0 Å². The summed E-state index contributed by atoms with van der Waals surface area (Å²) in [6, 6.07) is 0. The molecule has 0 saturated heterocycles. The highest BCUT2D eigenvalue weighted by atomic mass is 32.2. The molecule has 1 N–H and O–H groups in total. The van der Waals surface area contributed by atoms with Gasteiger partial charge in [-0.2, -0.15) is 0 Å². The molecule has 1 aromatic heterocycles. The Morgan fingerprint density at radius 1 is 1.47 bits per heavy atom. The highest BCUT2D eigenvalue weighted by molar-refractivity contribution is 8.01. The fraction of sp³-hybridized carbons (Fsp3) is 0.700. The molecule has 7 heteroatoms. The zero-order valence-electron chi connectivity index (χ0n) is 10.1. The van der Waals surface area contributed by atoms with Crippen molar-refractivity contribution in [1.29, 1.82) is 0 Å². The van der Waals surface area contributed by atoms with Gasteiger partial charge in [-0.25, -0.2) is 0 Å². The van der Waals surface area contributed by atoms with Gasteiger partial charge in [0.25, 0.3) is 0 Å². The number of aromatic nitrogens is 2. The summed E-state index contributed by atoms with van der Waals surface area (Å²) < 4.78 is 5.83. The summed E-state index contributed by atoms with van der Waals surface area (Å²) in [6.07, 6.45) is 1.95. The molecule has 0 atom stereocenters. The molecule has 1 heterocycles. The second kappa shape index (κ2) is 8.30. The maximum absolute atomic E-state index is 11.3. The molecule has 0 aromatic carbocycles. The van der Waals surface area contributed by atoms with Crippen LogP contribution in [0.3, 0.4) is 0 Å². The second-order valence-corrected chi connectivity index (χ2v) is 5.47. The molecule has 1 rings (SSSR count). The highest BCUT2D eigenvalue weighted by Crippen LogP contribution is 2.25. The molecule has 0 bridgehead atoms. The highest BCUT2D eigenvalue weighted by Gasteiger charge is 2.08. The van der Waals surface area contributed by atoms with Gasteiger partial charge in [-0.15, -0.1) is 10.2 Å². The number of anilines is 1. The van der Waals surface area contributed by atoms with Crippen LogP contribution in [-0.4, -0.2) is 35.1 Å². The lowest BCUT2D eigenvalue weighted by Crippen LogP contribution is -2.08. The van der Waals surface area contributed by atoms with E-state index in [1.165, 1.54) is 23.1 Å². The first-order valence-corrected chi connectivity index (χ1v) is 7.42. The van der Waals surface area contributed by atoms with Gasteiger partial charge in [-0.1, -0.05) is 36.4 Å². The monoisotopic (exact) mass is 275 g/mol. The Morgan fingerprint density at radius 2 is 2.29 bits per heavy atom. The maximum atomic E-state index is 11.3. The van der Waals surface area contributed by atoms with Crippen molar-refractivity contribution in [2.24, 2.45) is 0 Å². The Bertz CT molecular complexity index is 344. The van der Waals surface area contributed by atoms with Crippen molar-refractivity contribution < 1.29 is 9.53 Å². The summed E-state index contributed by atoms with van der Waals surface area (Å²) in [5.74, 6) is 0.105. The number of esters is 1. The average Bonchev–Trinajstić information content (AvgIpc) is 2.75. The Kier molecular flexibility index (Phi) is 6.95. The van der Waals surface area contributed by atoms with Gasteiger partial charge in [0.05, 0.1) is 12.4 Å². The molecule has 0 aliphatic heterocycles. The molecular weight excluding hydrogens is 258 g/mol. The van der Waals surface area contributed by atoms with E-state index in [0.29, 0.717) is 12.4 Å². The molecule has 0 amide bonds. The summed E-state index contributed by atoms with van der Waals surface area (Å²) in [6.45, 7) is 5.39. The van der Waals surface area contributed by atoms with Crippen LogP contribution in [0.2, 0.25) is 0 Å². The van der Waals surface area contributed by atoms with Crippen molar-refractivity contribution in [1.82, 2.24) is 10.2 Å². The first-order chi connectivity index (χ1) is 8.26. The van der Waals surface area contributed by atoms with Crippen molar-refractivity contribution in [3.05, 3.63) is 0 Å². The van der Waals surface area contributed by atoms with E-state index in [2.05, 4.69) is 22.4 Å². The minimum atomic E-state index is -0.191. The van der Waals surface area contributed by atoms with Gasteiger partial charge in [0, 0.05) is 6.54 Å². The number of carbonyl (C=O) groups excluding carboxylic acids is 1. The van der Waals surface area contributed by atoms with E-state index in [9.17, 15) is 4.79 Å². The smallest absolute Gasteiger partial charge is 0.316 e. The van der Waals surface area contributed by atoms with Crippen LogP contribution in [0.25, 0.3) is 0 Å². The first kappa shape index (κ1) is 14.2. The minimum absolute atomic E-state index is 0.191. The second-order valence-electron chi connectivity index (χ2n) is 3.27. The van der Waals surface area contributed by atoms with Crippen molar-refractivity contribution in [2.45, 2.75) is 31.0 Å². The molecule has 5 nitrogen and oxygen atoms in total. The van der Waals surface area contributed by atoms with Crippen molar-refractivity contribution in [3.8, 4) is 0 Å². The summed E-state index contributed by atoms with van der Waals surface area (Å²) in [5, 5.41) is 11.8. The van der Waals surface area contributed by atoms with Crippen molar-refractivity contribution in [2.75, 3.05) is 24.2 Å². The Hall–Kier alpha value is -0.820. The zero-order valence-corrected chi connectivity index (χ0v) is 11.7. The van der Waals surface area contributed by atoms with Crippen molar-refractivity contribution in [3.63, 3.8) is 0 Å². The summed E-state index contributed by atoms with van der Waals surface area (Å²) in [7, 11) is 0. The number of hydrogen-bond donors (Lipinski definition) is 1. The van der Waals surface area contributed by atoms with Crippen LogP contribution in [0.4, 0.5) is 5.13 Å². The van der Waals surface area contributed by atoms with Gasteiger partial charge >= 0.3 is 5.97 Å². The number of nitrogens with one attached hydrogen (secondary N) is 1. The van der Waals surface area contributed by atoms with Gasteiger partial charge in [0.15, 0.2) is 4.34 Å². The summed E-state index contributed by atoms with van der Waals surface area (Å²) >= 11 is 2.81. The van der Waals surface area contributed by atoms with Gasteiger partial charge in [-0.3, -0.25) is 4.79 Å². The molecule has 0 unspecified atom stereocenters. The lowest BCUT2D eigenvalue weighted by Gasteiger charge is -2.01. The van der Waals surface area contributed by atoms with E-state index >= 15 is 0 Å². The zero-order chi connectivity index (χ0) is 12.5. The Balaban J connectivity index is 2.22. The lowest BCUT2D eigenvalue weighted by molar-refractivity contribution is -0.140. The van der Waals surface area contributed by atoms with E-state index in [-0.39, 0.29) is 5.97 Å². The third-order valence-electron chi connectivity index (χ3n) is 1.81. The standard InChI is InChI=1S/C10H17N3O2S2/c1-3-5-6-15-8(14)7-16-10-13-12-9(17-10)11-4-2/h3-7H2,1-2H3,(H,11,12). The van der Waals surface area contributed by atoms with Crippen molar-refractivity contribution >= 4 is 34.2 Å². The fourth-order valence-electron chi connectivity index (χ4n) is 0.983. The minimum Gasteiger partial charge on any atom is -0.465 e. The van der Waals surface area contributed by atoms with Crippen LogP contribution in [-0.2, 0) is 9.53 Å². The lowest BCUT2D eigenvalue weighted by atomic mass is 10.4. The Labute approximate surface area is 109 Å². The molecular formula is C10H17N3O2S2. The van der Waals surface area contributed by atoms with Crippen LogP contribution in [0.15, 0.2) is 4.34 Å². The van der Waals surface area contributed by atoms with E-state index in [1.807, 2.05) is 6.92 Å². The number of nitrogens with zero attached hydrogens (tertiary/aromatic N) is 2. The summed E-state index contributed by atoms with van der Waals surface area (Å²) in [5.41, 5.74) is 0. The predicted molar refractivity (Wildman–Crippen MR) is 70.7 cm³/mol. The number of rotatable bonds is 8. The van der Waals surface area contributed by atoms with Crippen LogP contribution in [0.5, 0.6) is 0 Å². The third kappa shape index (κ3) is 5.88. The maximum Gasteiger partial charge on any atom is 0.316 e. The molecule has 0 spiro atoms.